The third-order valence-electron chi connectivity index (χ3n) is 3.88. The Morgan fingerprint density at radius 1 is 1.21 bits per heavy atom. The number of nitrogens with zero attached hydrogens (tertiary/aromatic N) is 4. The van der Waals surface area contributed by atoms with Crippen LogP contribution in [-0.4, -0.2) is 25.3 Å². The molecule has 8 heteroatoms. The Hall–Kier alpha value is -1.90. The lowest BCUT2D eigenvalue weighted by molar-refractivity contribution is 0.101. The second-order valence-corrected chi connectivity index (χ2v) is 7.96. The molecule has 0 amide bonds. The van der Waals surface area contributed by atoms with Crippen molar-refractivity contribution in [2.24, 2.45) is 0 Å². The molecule has 3 aromatic heterocycles. The van der Waals surface area contributed by atoms with Gasteiger partial charge in [-0.2, -0.15) is 0 Å². The molecule has 0 spiro atoms. The van der Waals surface area contributed by atoms with E-state index in [1.165, 1.54) is 35.5 Å². The Balaban J connectivity index is 1.55. The fourth-order valence-corrected chi connectivity index (χ4v) is 4.10. The molecule has 124 valence electrons. The summed E-state index contributed by atoms with van der Waals surface area (Å²) in [5.74, 6) is 1.36. The van der Waals surface area contributed by atoms with Crippen molar-refractivity contribution in [2.75, 3.05) is 5.32 Å². The Labute approximate surface area is 147 Å². The maximum absolute atomic E-state index is 10.8. The lowest BCUT2D eigenvalue weighted by Gasteiger charge is -2.16. The number of anilines is 2. The molecule has 1 saturated carbocycles. The van der Waals surface area contributed by atoms with E-state index in [1.807, 2.05) is 24.4 Å². The standard InChI is InChI=1S/C16H17N5OS2/c1-9-8-23-13(17-9)16(2,22)14-20-21-15(24-14)19-12-5-3-4-11(18-12)10-6-7-10/h3-5,8,10,22H,6-7H2,1-2H3,(H,18,19,21). The van der Waals surface area contributed by atoms with Crippen molar-refractivity contribution in [3.8, 4) is 0 Å². The van der Waals surface area contributed by atoms with E-state index < -0.39 is 5.60 Å². The van der Waals surface area contributed by atoms with Gasteiger partial charge in [0, 0.05) is 22.7 Å². The van der Waals surface area contributed by atoms with Crippen molar-refractivity contribution in [3.63, 3.8) is 0 Å². The second kappa shape index (κ2) is 5.87. The highest BCUT2D eigenvalue weighted by atomic mass is 32.1. The van der Waals surface area contributed by atoms with E-state index in [1.54, 1.807) is 6.92 Å². The van der Waals surface area contributed by atoms with Crippen molar-refractivity contribution in [1.29, 1.82) is 0 Å². The maximum Gasteiger partial charge on any atom is 0.211 e. The van der Waals surface area contributed by atoms with Gasteiger partial charge in [0.1, 0.15) is 10.8 Å². The van der Waals surface area contributed by atoms with Crippen LogP contribution in [0.1, 0.15) is 47.1 Å². The monoisotopic (exact) mass is 359 g/mol. The van der Waals surface area contributed by atoms with Crippen LogP contribution in [0.5, 0.6) is 0 Å². The minimum atomic E-state index is -1.24. The van der Waals surface area contributed by atoms with Gasteiger partial charge in [0.2, 0.25) is 5.13 Å². The van der Waals surface area contributed by atoms with Crippen LogP contribution in [0.3, 0.4) is 0 Å². The first-order valence-corrected chi connectivity index (χ1v) is 9.45. The first-order chi connectivity index (χ1) is 11.5. The van der Waals surface area contributed by atoms with Crippen LogP contribution in [0.15, 0.2) is 23.6 Å². The van der Waals surface area contributed by atoms with Gasteiger partial charge in [-0.25, -0.2) is 9.97 Å². The van der Waals surface area contributed by atoms with E-state index in [2.05, 4.69) is 31.5 Å². The predicted octanol–water partition coefficient (Wildman–Crippen LogP) is 3.57. The van der Waals surface area contributed by atoms with Gasteiger partial charge in [0.05, 0.1) is 0 Å². The lowest BCUT2D eigenvalue weighted by atomic mass is 10.1. The summed E-state index contributed by atoms with van der Waals surface area (Å²) in [5, 5.41) is 25.9. The lowest BCUT2D eigenvalue weighted by Crippen LogP contribution is -2.22. The number of aliphatic hydroxyl groups is 1. The Kier molecular flexibility index (Phi) is 3.82. The highest BCUT2D eigenvalue weighted by molar-refractivity contribution is 7.15. The van der Waals surface area contributed by atoms with Crippen LogP contribution >= 0.6 is 22.7 Å². The summed E-state index contributed by atoms with van der Waals surface area (Å²) < 4.78 is 0. The van der Waals surface area contributed by atoms with Crippen molar-refractivity contribution in [1.82, 2.24) is 20.2 Å². The van der Waals surface area contributed by atoms with E-state index in [0.717, 1.165) is 17.2 Å². The van der Waals surface area contributed by atoms with E-state index in [4.69, 9.17) is 0 Å². The molecule has 24 heavy (non-hydrogen) atoms. The fourth-order valence-electron chi connectivity index (χ4n) is 2.38. The van der Waals surface area contributed by atoms with Gasteiger partial charge in [-0.3, -0.25) is 0 Å². The molecule has 0 radical (unpaired) electrons. The molecule has 1 unspecified atom stereocenters. The molecular formula is C16H17N5OS2. The summed E-state index contributed by atoms with van der Waals surface area (Å²) in [6.45, 7) is 3.60. The number of pyridine rings is 1. The molecule has 4 rings (SSSR count). The summed E-state index contributed by atoms with van der Waals surface area (Å²) in [7, 11) is 0. The zero-order chi connectivity index (χ0) is 16.7. The molecule has 2 N–H and O–H groups in total. The number of rotatable bonds is 5. The van der Waals surface area contributed by atoms with Gasteiger partial charge in [-0.1, -0.05) is 17.4 Å². The minimum Gasteiger partial charge on any atom is -0.376 e. The predicted molar refractivity (Wildman–Crippen MR) is 94.9 cm³/mol. The van der Waals surface area contributed by atoms with E-state index >= 15 is 0 Å². The quantitative estimate of drug-likeness (QED) is 0.724. The zero-order valence-corrected chi connectivity index (χ0v) is 15.0. The molecular weight excluding hydrogens is 342 g/mol. The topological polar surface area (TPSA) is 83.8 Å². The third-order valence-corrected chi connectivity index (χ3v) is 6.10. The number of nitrogens with one attached hydrogen (secondary N) is 1. The summed E-state index contributed by atoms with van der Waals surface area (Å²) in [5.41, 5.74) is 0.772. The van der Waals surface area contributed by atoms with Crippen LogP contribution in [0.4, 0.5) is 10.9 Å². The molecule has 0 aromatic carbocycles. The zero-order valence-electron chi connectivity index (χ0n) is 13.4. The normalized spacial score (nSPS) is 16.8. The van der Waals surface area contributed by atoms with Crippen LogP contribution in [0, 0.1) is 6.92 Å². The molecule has 6 nitrogen and oxygen atoms in total. The number of aromatic nitrogens is 4. The average Bonchev–Trinajstić information content (AvgIpc) is 3.14. The Morgan fingerprint density at radius 2 is 2.04 bits per heavy atom. The number of hydrogen-bond acceptors (Lipinski definition) is 8. The fraction of sp³-hybridized carbons (Fsp3) is 0.375. The van der Waals surface area contributed by atoms with Gasteiger partial charge < -0.3 is 10.4 Å². The first-order valence-electron chi connectivity index (χ1n) is 7.75. The highest BCUT2D eigenvalue weighted by Gasteiger charge is 2.33. The molecule has 0 bridgehead atoms. The third kappa shape index (κ3) is 3.04. The minimum absolute atomic E-state index is 0.512. The summed E-state index contributed by atoms with van der Waals surface area (Å²) >= 11 is 2.73. The van der Waals surface area contributed by atoms with E-state index in [-0.39, 0.29) is 0 Å². The van der Waals surface area contributed by atoms with Crippen LogP contribution in [-0.2, 0) is 5.60 Å². The van der Waals surface area contributed by atoms with Gasteiger partial charge in [0.25, 0.3) is 0 Å². The first kappa shape index (κ1) is 15.6. The van der Waals surface area contributed by atoms with Gasteiger partial charge >= 0.3 is 0 Å². The summed E-state index contributed by atoms with van der Waals surface area (Å²) in [6.07, 6.45) is 2.44. The maximum atomic E-state index is 10.8. The van der Waals surface area contributed by atoms with Crippen LogP contribution in [0.25, 0.3) is 0 Å². The molecule has 3 heterocycles. The largest absolute Gasteiger partial charge is 0.376 e. The van der Waals surface area contributed by atoms with Crippen LogP contribution in [0.2, 0.25) is 0 Å². The Bertz CT molecular complexity index is 869. The molecule has 1 atom stereocenters. The molecule has 1 aliphatic carbocycles. The second-order valence-electron chi connectivity index (χ2n) is 6.13. The molecule has 1 aliphatic rings. The van der Waals surface area contributed by atoms with Gasteiger partial charge in [-0.05, 0) is 38.8 Å². The van der Waals surface area contributed by atoms with E-state index in [9.17, 15) is 5.11 Å². The number of thiazole rings is 1. The Morgan fingerprint density at radius 3 is 2.75 bits per heavy atom. The van der Waals surface area contributed by atoms with Crippen molar-refractivity contribution in [3.05, 3.63) is 45.0 Å². The summed E-state index contributed by atoms with van der Waals surface area (Å²) in [4.78, 5) is 8.98. The van der Waals surface area contributed by atoms with Crippen molar-refractivity contribution in [2.45, 2.75) is 38.2 Å². The molecule has 0 saturated heterocycles. The number of aryl methyl sites for hydroxylation is 1. The van der Waals surface area contributed by atoms with Crippen LogP contribution < -0.4 is 5.32 Å². The molecule has 3 aromatic rings. The smallest absolute Gasteiger partial charge is 0.211 e. The van der Waals surface area contributed by atoms with E-state index in [0.29, 0.717) is 21.1 Å². The van der Waals surface area contributed by atoms with Gasteiger partial charge in [-0.15, -0.1) is 21.5 Å². The number of hydrogen-bond donors (Lipinski definition) is 2. The highest BCUT2D eigenvalue weighted by Crippen LogP contribution is 2.39. The average molecular weight is 359 g/mol. The molecule has 1 fully saturated rings. The molecule has 0 aliphatic heterocycles. The van der Waals surface area contributed by atoms with Crippen molar-refractivity contribution < 1.29 is 5.11 Å². The summed E-state index contributed by atoms with van der Waals surface area (Å²) in [6, 6.07) is 5.97. The van der Waals surface area contributed by atoms with Gasteiger partial charge in [0.15, 0.2) is 10.6 Å². The SMILES string of the molecule is Cc1csc(C(C)(O)c2nnc(Nc3cccc(C4CC4)n3)s2)n1. The van der Waals surface area contributed by atoms with Crippen molar-refractivity contribution >= 4 is 33.6 Å².